The van der Waals surface area contributed by atoms with Gasteiger partial charge in [0, 0.05) is 36.9 Å². The van der Waals surface area contributed by atoms with Crippen LogP contribution in [0.25, 0.3) is 10.6 Å². The number of nitrogens with one attached hydrogen (secondary N) is 2. The van der Waals surface area contributed by atoms with Crippen LogP contribution in [0.2, 0.25) is 0 Å². The van der Waals surface area contributed by atoms with Gasteiger partial charge in [0.1, 0.15) is 22.4 Å². The van der Waals surface area contributed by atoms with Crippen LogP contribution in [-0.2, 0) is 15.1 Å². The number of hydrogen-bond donors (Lipinski definition) is 2. The van der Waals surface area contributed by atoms with Crippen molar-refractivity contribution in [3.8, 4) is 22.4 Å². The van der Waals surface area contributed by atoms with Crippen LogP contribution in [0, 0.1) is 11.8 Å². The zero-order valence-electron chi connectivity index (χ0n) is 22.6. The summed E-state index contributed by atoms with van der Waals surface area (Å²) in [4.78, 5) is 57.3. The largest absolute Gasteiger partial charge is 0.408 e. The van der Waals surface area contributed by atoms with Crippen molar-refractivity contribution in [1.82, 2.24) is 29.4 Å². The van der Waals surface area contributed by atoms with Gasteiger partial charge in [0.05, 0.1) is 12.9 Å². The molecule has 42 heavy (non-hydrogen) atoms. The van der Waals surface area contributed by atoms with Gasteiger partial charge in [-0.1, -0.05) is 5.92 Å². The summed E-state index contributed by atoms with van der Waals surface area (Å²) in [5, 5.41) is 7.69. The summed E-state index contributed by atoms with van der Waals surface area (Å²) >= 11 is 1.20. The quantitative estimate of drug-likeness (QED) is 0.280. The van der Waals surface area contributed by atoms with E-state index in [1.54, 1.807) is 19.4 Å². The Labute approximate surface area is 242 Å². The number of imide groups is 1. The number of carbonyl (C=O) groups is 3. The first-order chi connectivity index (χ1) is 20.1. The number of thiazole rings is 1. The van der Waals surface area contributed by atoms with Crippen LogP contribution in [0.1, 0.15) is 43.1 Å². The van der Waals surface area contributed by atoms with Gasteiger partial charge in [-0.3, -0.25) is 19.3 Å². The van der Waals surface area contributed by atoms with Crippen molar-refractivity contribution in [2.24, 2.45) is 0 Å². The van der Waals surface area contributed by atoms with E-state index in [9.17, 15) is 27.6 Å². The first-order valence-electron chi connectivity index (χ1n) is 13.0. The normalized spacial score (nSPS) is 17.3. The summed E-state index contributed by atoms with van der Waals surface area (Å²) in [6.45, 7) is 1.70. The third-order valence-corrected chi connectivity index (χ3v) is 8.04. The van der Waals surface area contributed by atoms with Crippen molar-refractivity contribution in [2.75, 3.05) is 35.7 Å². The second kappa shape index (κ2) is 11.4. The minimum absolute atomic E-state index is 0.000471. The summed E-state index contributed by atoms with van der Waals surface area (Å²) in [5.74, 6) is 4.72. The molecule has 2 aliphatic rings. The summed E-state index contributed by atoms with van der Waals surface area (Å²) < 4.78 is 41.5. The van der Waals surface area contributed by atoms with Gasteiger partial charge >= 0.3 is 6.18 Å². The Morgan fingerprint density at radius 1 is 1.26 bits per heavy atom. The SMILES string of the molecule is CC#CCN(C=O)C(=O)c1c(NC)ncn1C1(C(=O)Nc2csc(-c3cnc(N4CCC[C@H]4C(F)(F)F)nc3)n2)CC1. The van der Waals surface area contributed by atoms with Crippen molar-refractivity contribution < 1.29 is 27.6 Å². The highest BCUT2D eigenvalue weighted by molar-refractivity contribution is 7.13. The van der Waals surface area contributed by atoms with Gasteiger partial charge in [-0.2, -0.15) is 13.2 Å². The molecule has 0 aromatic carbocycles. The number of rotatable bonds is 9. The van der Waals surface area contributed by atoms with Gasteiger partial charge in [-0.15, -0.1) is 17.3 Å². The number of alkyl halides is 3. The molecular weight excluding hydrogens is 575 g/mol. The van der Waals surface area contributed by atoms with Crippen molar-refractivity contribution in [2.45, 2.75) is 50.4 Å². The van der Waals surface area contributed by atoms with E-state index in [-0.39, 0.29) is 42.8 Å². The average Bonchev–Trinajstić information content (AvgIpc) is 3.32. The van der Waals surface area contributed by atoms with E-state index in [1.165, 1.54) is 34.6 Å². The molecule has 3 aromatic heterocycles. The van der Waals surface area contributed by atoms with E-state index in [4.69, 9.17) is 0 Å². The maximum absolute atomic E-state index is 13.5. The Kier molecular flexibility index (Phi) is 7.87. The summed E-state index contributed by atoms with van der Waals surface area (Å²) in [6, 6.07) is -1.61. The van der Waals surface area contributed by atoms with Crippen molar-refractivity contribution >= 4 is 47.1 Å². The molecule has 12 nitrogen and oxygen atoms in total. The van der Waals surface area contributed by atoms with Crippen LogP contribution >= 0.6 is 11.3 Å². The molecule has 3 aromatic rings. The molecule has 3 amide bonds. The molecular formula is C26H26F3N9O3S. The lowest BCUT2D eigenvalue weighted by atomic mass is 10.2. The topological polar surface area (TPSA) is 138 Å². The monoisotopic (exact) mass is 601 g/mol. The van der Waals surface area contributed by atoms with Crippen molar-refractivity contribution in [3.63, 3.8) is 0 Å². The van der Waals surface area contributed by atoms with E-state index in [0.29, 0.717) is 36.2 Å². The highest BCUT2D eigenvalue weighted by Crippen LogP contribution is 2.46. The standard InChI is InChI=1S/C26H26F3N9O3S/c1-3-4-9-36(15-39)22(40)19-20(30-2)33-14-38(19)25(7-8-25)23(41)35-18-13-42-21(34-18)16-11-31-24(32-12-16)37-10-5-6-17(37)26(27,28)29/h11-15,17,30H,5-10H2,1-2H3,(H,35,41)/t17-/m0/s1. The minimum atomic E-state index is -4.36. The third kappa shape index (κ3) is 5.39. The Balaban J connectivity index is 1.32. The zero-order valence-corrected chi connectivity index (χ0v) is 23.4. The third-order valence-electron chi connectivity index (χ3n) is 7.15. The Morgan fingerprint density at radius 3 is 2.62 bits per heavy atom. The molecule has 16 heteroatoms. The smallest absolute Gasteiger partial charge is 0.371 e. The Bertz CT molecular complexity index is 1550. The molecule has 0 bridgehead atoms. The molecule has 1 atom stereocenters. The van der Waals surface area contributed by atoms with E-state index >= 15 is 0 Å². The number of aromatic nitrogens is 5. The van der Waals surface area contributed by atoms with Crippen LogP contribution < -0.4 is 15.5 Å². The summed E-state index contributed by atoms with van der Waals surface area (Å²) in [5.41, 5.74) is -0.576. The predicted molar refractivity (Wildman–Crippen MR) is 148 cm³/mol. The molecule has 220 valence electrons. The van der Waals surface area contributed by atoms with Gasteiger partial charge in [-0.05, 0) is 32.6 Å². The molecule has 5 rings (SSSR count). The van der Waals surface area contributed by atoms with E-state index in [2.05, 4.69) is 42.4 Å². The Morgan fingerprint density at radius 2 is 2.00 bits per heavy atom. The second-order valence-corrected chi connectivity index (χ2v) is 10.6. The highest BCUT2D eigenvalue weighted by Gasteiger charge is 2.54. The van der Waals surface area contributed by atoms with E-state index < -0.39 is 29.6 Å². The van der Waals surface area contributed by atoms with Crippen molar-refractivity contribution in [1.29, 1.82) is 0 Å². The molecule has 2 N–H and O–H groups in total. The lowest BCUT2D eigenvalue weighted by Gasteiger charge is -2.26. The molecule has 0 spiro atoms. The fourth-order valence-corrected chi connectivity index (χ4v) is 5.56. The van der Waals surface area contributed by atoms with Crippen LogP contribution in [0.15, 0.2) is 24.1 Å². The number of carbonyl (C=O) groups excluding carboxylic acids is 3. The maximum atomic E-state index is 13.5. The van der Waals surface area contributed by atoms with E-state index in [1.807, 2.05) is 0 Å². The van der Waals surface area contributed by atoms with Crippen LogP contribution in [-0.4, -0.2) is 80.0 Å². The van der Waals surface area contributed by atoms with Crippen LogP contribution in [0.4, 0.5) is 30.8 Å². The molecule has 1 aliphatic carbocycles. The first kappa shape index (κ1) is 29.0. The number of hydrogen-bond acceptors (Lipinski definition) is 10. The number of imidazole rings is 1. The maximum Gasteiger partial charge on any atom is 0.408 e. The molecule has 1 saturated carbocycles. The lowest BCUT2D eigenvalue weighted by Crippen LogP contribution is -2.42. The van der Waals surface area contributed by atoms with Crippen molar-refractivity contribution in [3.05, 3.63) is 29.8 Å². The fourth-order valence-electron chi connectivity index (χ4n) is 4.84. The number of halogens is 3. The molecule has 0 unspecified atom stereocenters. The van der Waals surface area contributed by atoms with E-state index in [0.717, 1.165) is 9.80 Å². The highest BCUT2D eigenvalue weighted by atomic mass is 32.1. The number of amides is 3. The van der Waals surface area contributed by atoms with Gasteiger partial charge in [0.25, 0.3) is 11.8 Å². The molecule has 1 saturated heterocycles. The lowest BCUT2D eigenvalue weighted by molar-refractivity contribution is -0.146. The zero-order chi connectivity index (χ0) is 30.1. The fraction of sp³-hybridized carbons (Fsp3) is 0.423. The number of nitrogens with zero attached hydrogens (tertiary/aromatic N) is 7. The minimum Gasteiger partial charge on any atom is -0.371 e. The molecule has 2 fully saturated rings. The van der Waals surface area contributed by atoms with Gasteiger partial charge in [-0.25, -0.2) is 19.9 Å². The van der Waals surface area contributed by atoms with Gasteiger partial charge < -0.3 is 20.1 Å². The Hall–Kier alpha value is -4.52. The summed E-state index contributed by atoms with van der Waals surface area (Å²) in [7, 11) is 1.58. The summed E-state index contributed by atoms with van der Waals surface area (Å²) in [6.07, 6.45) is 1.48. The second-order valence-electron chi connectivity index (χ2n) is 9.72. The predicted octanol–water partition coefficient (Wildman–Crippen LogP) is 3.12. The van der Waals surface area contributed by atoms with Gasteiger partial charge in [0.2, 0.25) is 12.4 Å². The van der Waals surface area contributed by atoms with Crippen LogP contribution in [0.5, 0.6) is 0 Å². The average molecular weight is 602 g/mol. The molecule has 4 heterocycles. The number of anilines is 3. The van der Waals surface area contributed by atoms with Gasteiger partial charge in [0.15, 0.2) is 11.5 Å². The molecule has 1 aliphatic heterocycles. The molecule has 0 radical (unpaired) electrons. The first-order valence-corrected chi connectivity index (χ1v) is 13.8. The van der Waals surface area contributed by atoms with Crippen LogP contribution in [0.3, 0.4) is 0 Å².